The Hall–Kier alpha value is -4.18. The van der Waals surface area contributed by atoms with Gasteiger partial charge in [-0.1, -0.05) is 79.7 Å². The Labute approximate surface area is 236 Å². The Morgan fingerprint density at radius 3 is 2.12 bits per heavy atom. The second-order valence-electron chi connectivity index (χ2n) is 10.4. The molecule has 5 aromatic rings. The second-order valence-corrected chi connectivity index (χ2v) is 10.4. The minimum atomic E-state index is -0.0692. The number of nitriles is 1. The Kier molecular flexibility index (Phi) is 7.50. The van der Waals surface area contributed by atoms with Gasteiger partial charge in [-0.3, -0.25) is 9.30 Å². The van der Waals surface area contributed by atoms with Crippen molar-refractivity contribution in [2.75, 3.05) is 44.2 Å². The molecule has 0 saturated carbocycles. The van der Waals surface area contributed by atoms with Crippen LogP contribution in [0.15, 0.2) is 84.9 Å². The molecule has 202 valence electrons. The summed E-state index contributed by atoms with van der Waals surface area (Å²) < 4.78 is 8.73. The number of benzene rings is 3. The van der Waals surface area contributed by atoms with E-state index in [2.05, 4.69) is 88.7 Å². The molecule has 2 aromatic heterocycles. The largest absolute Gasteiger partial charge is 0.367 e. The molecule has 0 amide bonds. The van der Waals surface area contributed by atoms with Crippen LogP contribution in [0.3, 0.4) is 0 Å². The van der Waals surface area contributed by atoms with Crippen LogP contribution >= 0.6 is 0 Å². The summed E-state index contributed by atoms with van der Waals surface area (Å²) in [4.78, 5) is 9.87. The summed E-state index contributed by atoms with van der Waals surface area (Å²) >= 11 is 0. The van der Waals surface area contributed by atoms with Gasteiger partial charge in [0.25, 0.3) is 0 Å². The number of piperazine rings is 1. The van der Waals surface area contributed by atoms with E-state index in [-0.39, 0.29) is 6.10 Å². The predicted octanol–water partition coefficient (Wildman–Crippen LogP) is 6.16. The molecule has 1 aliphatic heterocycles. The summed E-state index contributed by atoms with van der Waals surface area (Å²) in [6, 6.07) is 31.6. The highest BCUT2D eigenvalue weighted by Crippen LogP contribution is 2.34. The van der Waals surface area contributed by atoms with Crippen LogP contribution < -0.4 is 4.90 Å². The zero-order valence-corrected chi connectivity index (χ0v) is 23.3. The molecule has 6 rings (SSSR count). The minimum Gasteiger partial charge on any atom is -0.367 e. The van der Waals surface area contributed by atoms with E-state index >= 15 is 0 Å². The van der Waals surface area contributed by atoms with Gasteiger partial charge in [-0.2, -0.15) is 5.26 Å². The lowest BCUT2D eigenvalue weighted by molar-refractivity contribution is 0.0586. The van der Waals surface area contributed by atoms with Crippen LogP contribution in [0, 0.1) is 18.3 Å². The number of pyridine rings is 1. The van der Waals surface area contributed by atoms with Crippen molar-refractivity contribution in [2.24, 2.45) is 0 Å². The van der Waals surface area contributed by atoms with Crippen LogP contribution in [0.2, 0.25) is 0 Å². The van der Waals surface area contributed by atoms with Gasteiger partial charge in [-0.05, 0) is 47.7 Å². The predicted molar refractivity (Wildman–Crippen MR) is 161 cm³/mol. The van der Waals surface area contributed by atoms with Gasteiger partial charge in [-0.15, -0.1) is 0 Å². The van der Waals surface area contributed by atoms with Gasteiger partial charge in [0.2, 0.25) is 0 Å². The molecule has 0 unspecified atom stereocenters. The van der Waals surface area contributed by atoms with E-state index in [1.807, 2.05) is 30.3 Å². The van der Waals surface area contributed by atoms with Crippen LogP contribution in [0.25, 0.3) is 16.7 Å². The van der Waals surface area contributed by atoms with Crippen molar-refractivity contribution in [1.29, 1.82) is 5.26 Å². The fourth-order valence-corrected chi connectivity index (χ4v) is 6.04. The van der Waals surface area contributed by atoms with Crippen molar-refractivity contribution in [1.82, 2.24) is 14.3 Å². The van der Waals surface area contributed by atoms with Crippen molar-refractivity contribution in [3.8, 4) is 6.07 Å². The van der Waals surface area contributed by atoms with Crippen molar-refractivity contribution in [2.45, 2.75) is 26.4 Å². The quantitative estimate of drug-likeness (QED) is 0.241. The first-order valence-electron chi connectivity index (χ1n) is 14.2. The zero-order chi connectivity index (χ0) is 27.5. The van der Waals surface area contributed by atoms with Gasteiger partial charge in [0.05, 0.1) is 23.2 Å². The lowest BCUT2D eigenvalue weighted by atomic mass is 10.0. The average molecular weight is 530 g/mol. The van der Waals surface area contributed by atoms with Crippen LogP contribution in [-0.4, -0.2) is 53.6 Å². The highest BCUT2D eigenvalue weighted by atomic mass is 16.5. The number of fused-ring (bicyclic) bond motifs is 3. The molecule has 0 spiro atoms. The van der Waals surface area contributed by atoms with Gasteiger partial charge in [0.15, 0.2) is 5.65 Å². The summed E-state index contributed by atoms with van der Waals surface area (Å²) in [6.45, 7) is 9.57. The van der Waals surface area contributed by atoms with Crippen LogP contribution in [0.5, 0.6) is 0 Å². The van der Waals surface area contributed by atoms with Gasteiger partial charge in [0, 0.05) is 32.7 Å². The zero-order valence-electron chi connectivity index (χ0n) is 23.3. The smallest absolute Gasteiger partial charge is 0.157 e. The van der Waals surface area contributed by atoms with Crippen molar-refractivity contribution in [3.05, 3.63) is 113 Å². The Morgan fingerprint density at radius 2 is 1.50 bits per heavy atom. The summed E-state index contributed by atoms with van der Waals surface area (Å²) in [5.41, 5.74) is 8.06. The molecule has 1 fully saturated rings. The first-order chi connectivity index (χ1) is 19.7. The maximum atomic E-state index is 10.0. The normalized spacial score (nSPS) is 14.3. The van der Waals surface area contributed by atoms with Crippen LogP contribution in [0.1, 0.15) is 40.8 Å². The van der Waals surface area contributed by atoms with Crippen LogP contribution in [0.4, 0.5) is 5.82 Å². The van der Waals surface area contributed by atoms with E-state index in [1.165, 1.54) is 22.5 Å². The lowest BCUT2D eigenvalue weighted by Gasteiger charge is -2.37. The number of imidazole rings is 1. The Balaban J connectivity index is 1.20. The van der Waals surface area contributed by atoms with Gasteiger partial charge < -0.3 is 9.64 Å². The fraction of sp³-hybridized carbons (Fsp3) is 0.294. The highest BCUT2D eigenvalue weighted by Gasteiger charge is 2.26. The molecular weight excluding hydrogens is 494 g/mol. The molecular formula is C34H35N5O. The van der Waals surface area contributed by atoms with E-state index in [9.17, 15) is 5.26 Å². The molecule has 3 aromatic carbocycles. The molecule has 0 bridgehead atoms. The third-order valence-corrected chi connectivity index (χ3v) is 8.13. The SMILES string of the molecule is CCc1c(C)c(C#N)c2nc3ccccc3n2c1N1CCN(CCOC(c2ccccc2)c2ccccc2)CC1. The first kappa shape index (κ1) is 26.1. The first-order valence-corrected chi connectivity index (χ1v) is 14.2. The molecule has 0 radical (unpaired) electrons. The summed E-state index contributed by atoms with van der Waals surface area (Å²) in [5, 5.41) is 10.0. The van der Waals surface area contributed by atoms with E-state index in [4.69, 9.17) is 9.72 Å². The van der Waals surface area contributed by atoms with E-state index in [0.717, 1.165) is 61.4 Å². The molecule has 0 aliphatic carbocycles. The molecule has 6 heteroatoms. The van der Waals surface area contributed by atoms with Crippen molar-refractivity contribution in [3.63, 3.8) is 0 Å². The number of para-hydroxylation sites is 2. The molecule has 6 nitrogen and oxygen atoms in total. The summed E-state index contributed by atoms with van der Waals surface area (Å²) in [7, 11) is 0. The summed E-state index contributed by atoms with van der Waals surface area (Å²) in [6.07, 6.45) is 0.799. The topological polar surface area (TPSA) is 56.8 Å². The fourth-order valence-electron chi connectivity index (χ4n) is 6.04. The molecule has 0 N–H and O–H groups in total. The lowest BCUT2D eigenvalue weighted by Crippen LogP contribution is -2.48. The van der Waals surface area contributed by atoms with Crippen LogP contribution in [-0.2, 0) is 11.2 Å². The third kappa shape index (κ3) is 4.83. The minimum absolute atomic E-state index is 0.0692. The van der Waals surface area contributed by atoms with Gasteiger partial charge >= 0.3 is 0 Å². The van der Waals surface area contributed by atoms with Gasteiger partial charge in [0.1, 0.15) is 18.0 Å². The van der Waals surface area contributed by atoms with Crippen molar-refractivity contribution >= 4 is 22.5 Å². The second kappa shape index (κ2) is 11.5. The maximum absolute atomic E-state index is 10.0. The number of nitrogens with zero attached hydrogens (tertiary/aromatic N) is 5. The number of hydrogen-bond acceptors (Lipinski definition) is 5. The van der Waals surface area contributed by atoms with E-state index in [1.54, 1.807) is 0 Å². The Morgan fingerprint density at radius 1 is 0.875 bits per heavy atom. The standard InChI is InChI=1S/C34H35N5O/c1-3-28-25(2)29(24-35)33-36-30-16-10-11-17-31(30)39(33)34(28)38-20-18-37(19-21-38)22-23-40-32(26-12-6-4-7-13-26)27-14-8-5-9-15-27/h4-17,32H,3,18-23H2,1-2H3. The monoisotopic (exact) mass is 529 g/mol. The summed E-state index contributed by atoms with van der Waals surface area (Å²) in [5.74, 6) is 1.19. The number of rotatable bonds is 8. The maximum Gasteiger partial charge on any atom is 0.157 e. The number of aromatic nitrogens is 2. The van der Waals surface area contributed by atoms with E-state index in [0.29, 0.717) is 12.2 Å². The van der Waals surface area contributed by atoms with E-state index < -0.39 is 0 Å². The average Bonchev–Trinajstić information content (AvgIpc) is 3.39. The molecule has 0 atom stereocenters. The van der Waals surface area contributed by atoms with Gasteiger partial charge in [-0.25, -0.2) is 4.98 Å². The number of ether oxygens (including phenoxy) is 1. The number of hydrogen-bond donors (Lipinski definition) is 0. The molecule has 40 heavy (non-hydrogen) atoms. The Bertz CT molecular complexity index is 1610. The third-order valence-electron chi connectivity index (χ3n) is 8.13. The van der Waals surface area contributed by atoms with Crippen molar-refractivity contribution < 1.29 is 4.74 Å². The highest BCUT2D eigenvalue weighted by molar-refractivity contribution is 5.86. The molecule has 1 aliphatic rings. The number of anilines is 1. The molecule has 3 heterocycles. The molecule has 1 saturated heterocycles.